The number of unbranched alkanes of at least 4 members (excludes halogenated alkanes) is 1. The van der Waals surface area contributed by atoms with Crippen LogP contribution in [-0.2, 0) is 34.2 Å². The van der Waals surface area contributed by atoms with Gasteiger partial charge in [-0.2, -0.15) is 0 Å². The Morgan fingerprint density at radius 3 is 1.83 bits per heavy atom. The summed E-state index contributed by atoms with van der Waals surface area (Å²) in [5.74, 6) is 7.58. The summed E-state index contributed by atoms with van der Waals surface area (Å²) in [7, 11) is -5.68. The monoisotopic (exact) mass is 977 g/mol. The normalized spacial score (nSPS) is 15.0. The third kappa shape index (κ3) is 16.0. The lowest BCUT2D eigenvalue weighted by atomic mass is 9.85. The summed E-state index contributed by atoms with van der Waals surface area (Å²) >= 11 is 1.66. The largest absolute Gasteiger partial charge is 0.497 e. The number of hydrogen-bond acceptors (Lipinski definition) is 8. The Balaban J connectivity index is 2.09. The summed E-state index contributed by atoms with van der Waals surface area (Å²) in [5.41, 5.74) is 0.271. The molecule has 66 heavy (non-hydrogen) atoms. The molecule has 0 saturated carbocycles. The second kappa shape index (κ2) is 27.0. The molecule has 0 spiro atoms. The summed E-state index contributed by atoms with van der Waals surface area (Å²) in [4.78, 5) is 14.3. The topological polar surface area (TPSA) is 72.5 Å². The minimum absolute atomic E-state index is 0.0127. The van der Waals surface area contributed by atoms with E-state index in [2.05, 4.69) is 168 Å². The van der Waals surface area contributed by atoms with Crippen molar-refractivity contribution in [2.45, 2.75) is 180 Å². The van der Waals surface area contributed by atoms with Crippen LogP contribution < -0.4 is 15.1 Å². The summed E-state index contributed by atoms with van der Waals surface area (Å²) in [6, 6.07) is 32.7. The molecule has 3 aromatic carbocycles. The van der Waals surface area contributed by atoms with Crippen molar-refractivity contribution in [3.63, 3.8) is 0 Å². The number of benzene rings is 3. The van der Waals surface area contributed by atoms with Crippen molar-refractivity contribution in [3.05, 3.63) is 90.5 Å². The molecule has 0 amide bonds. The van der Waals surface area contributed by atoms with E-state index in [0.717, 1.165) is 48.7 Å². The van der Waals surface area contributed by atoms with E-state index in [1.54, 1.807) is 18.9 Å². The Bertz CT molecular complexity index is 1840. The van der Waals surface area contributed by atoms with E-state index in [9.17, 15) is 4.79 Å². The number of hydrogen-bond donors (Lipinski definition) is 0. The number of methoxy groups -OCH3 is 1. The van der Waals surface area contributed by atoms with Crippen LogP contribution in [0.4, 0.5) is 0 Å². The fourth-order valence-electron chi connectivity index (χ4n) is 8.55. The van der Waals surface area contributed by atoms with Crippen molar-refractivity contribution in [2.75, 3.05) is 32.5 Å². The fourth-order valence-corrected chi connectivity index (χ4v) is 17.6. The van der Waals surface area contributed by atoms with Crippen molar-refractivity contribution in [2.24, 2.45) is 5.92 Å². The Hall–Kier alpha value is -2.51. The molecule has 0 aromatic heterocycles. The van der Waals surface area contributed by atoms with Gasteiger partial charge in [0.2, 0.25) is 5.78 Å². The fraction of sp³-hybridized carbons (Fsp3) is 0.618. The molecule has 0 aliphatic carbocycles. The molecular weight excluding hydrogens is 889 g/mol. The van der Waals surface area contributed by atoms with E-state index in [-0.39, 0.29) is 34.3 Å². The van der Waals surface area contributed by atoms with Gasteiger partial charge in [0, 0.05) is 18.9 Å². The van der Waals surface area contributed by atoms with Crippen LogP contribution in [0.25, 0.3) is 0 Å². The summed E-state index contributed by atoms with van der Waals surface area (Å²) in [6.07, 6.45) is 5.50. The predicted molar refractivity (Wildman–Crippen MR) is 288 cm³/mol. The Labute approximate surface area is 410 Å². The third-order valence-corrected chi connectivity index (χ3v) is 28.8. The highest BCUT2D eigenvalue weighted by atomic mass is 32.2. The van der Waals surface area contributed by atoms with Gasteiger partial charge in [-0.25, -0.2) is 0 Å². The van der Waals surface area contributed by atoms with Gasteiger partial charge in [-0.15, -0.1) is 11.8 Å². The maximum absolute atomic E-state index is 14.3. The zero-order valence-electron chi connectivity index (χ0n) is 43.8. The molecule has 0 fully saturated rings. The molecule has 0 heterocycles. The number of thioether (sulfide) groups is 1. The van der Waals surface area contributed by atoms with Gasteiger partial charge in [-0.05, 0) is 108 Å². The van der Waals surface area contributed by atoms with Crippen molar-refractivity contribution >= 4 is 52.9 Å². The van der Waals surface area contributed by atoms with Crippen molar-refractivity contribution < 1.29 is 32.3 Å². The van der Waals surface area contributed by atoms with Gasteiger partial charge in [-0.1, -0.05) is 161 Å². The number of ether oxygens (including phenoxy) is 3. The first kappa shape index (κ1) is 57.8. The lowest BCUT2D eigenvalue weighted by Crippen LogP contribution is -2.70. The Morgan fingerprint density at radius 1 is 0.773 bits per heavy atom. The molecule has 3 aromatic rings. The van der Waals surface area contributed by atoms with Gasteiger partial charge >= 0.3 is 0 Å². The van der Waals surface area contributed by atoms with E-state index in [4.69, 9.17) is 27.5 Å². The minimum atomic E-state index is -3.10. The second-order valence-corrected chi connectivity index (χ2v) is 35.2. The lowest BCUT2D eigenvalue weighted by Gasteiger charge is -2.50. The van der Waals surface area contributed by atoms with E-state index in [1.807, 2.05) is 24.3 Å². The Morgan fingerprint density at radius 2 is 1.35 bits per heavy atom. The zero-order valence-corrected chi connectivity index (χ0v) is 47.6. The van der Waals surface area contributed by atoms with Gasteiger partial charge < -0.3 is 27.5 Å². The van der Waals surface area contributed by atoms with E-state index in [1.165, 1.54) is 10.4 Å². The first-order valence-electron chi connectivity index (χ1n) is 24.7. The highest BCUT2D eigenvalue weighted by Gasteiger charge is 2.55. The van der Waals surface area contributed by atoms with E-state index < -0.39 is 36.7 Å². The average Bonchev–Trinajstić information content (AvgIpc) is 3.30. The molecule has 11 heteroatoms. The quantitative estimate of drug-likeness (QED) is 0.0224. The highest BCUT2D eigenvalue weighted by molar-refractivity contribution is 7.98. The van der Waals surface area contributed by atoms with Crippen LogP contribution in [-0.4, -0.2) is 81.1 Å². The molecule has 0 N–H and O–H groups in total. The average molecular weight is 978 g/mol. The molecular formula is C55H88O7SSi3. The number of carbonyl (C=O) groups is 1. The predicted octanol–water partition coefficient (Wildman–Crippen LogP) is 13.2. The van der Waals surface area contributed by atoms with Crippen molar-refractivity contribution in [3.8, 4) is 17.6 Å². The van der Waals surface area contributed by atoms with Crippen LogP contribution in [0.5, 0.6) is 5.75 Å². The third-order valence-electron chi connectivity index (χ3n) is 14.2. The highest BCUT2D eigenvalue weighted by Crippen LogP contribution is 2.43. The first-order valence-corrected chi connectivity index (χ1v) is 33.4. The van der Waals surface area contributed by atoms with E-state index in [0.29, 0.717) is 38.6 Å². The van der Waals surface area contributed by atoms with Crippen LogP contribution in [0.3, 0.4) is 0 Å². The van der Waals surface area contributed by atoms with Crippen molar-refractivity contribution in [1.29, 1.82) is 0 Å². The SMILES string of the molecule is CCCC[C@](CCC(=O)C#C[C@H](C)[C@@H](CCOCc1ccc(OC)cc1)O[Si](CC)(CC)CC)(OCSC)[C@H](CO[Si](C)(C)C(C)(C)C)O[Si](c1ccccc1)(c1ccccc1)C(C)(C)C. The molecule has 0 aliphatic heterocycles. The molecule has 7 nitrogen and oxygen atoms in total. The number of rotatable bonds is 29. The number of carbonyl (C=O) groups excluding carboxylic acids is 1. The van der Waals surface area contributed by atoms with Crippen LogP contribution >= 0.6 is 11.8 Å². The van der Waals surface area contributed by atoms with Crippen LogP contribution in [0.1, 0.15) is 120 Å². The van der Waals surface area contributed by atoms with E-state index >= 15 is 0 Å². The summed E-state index contributed by atoms with van der Waals surface area (Å²) in [5, 5.41) is 2.12. The Kier molecular flexibility index (Phi) is 23.7. The zero-order chi connectivity index (χ0) is 49.1. The maximum atomic E-state index is 14.3. The van der Waals surface area contributed by atoms with Crippen LogP contribution in [0.2, 0.25) is 41.3 Å². The minimum Gasteiger partial charge on any atom is -0.497 e. The van der Waals surface area contributed by atoms with Gasteiger partial charge in [0.15, 0.2) is 16.6 Å². The molecule has 0 saturated heterocycles. The molecule has 3 rings (SSSR count). The number of Topliss-reactive ketones (excluding diaryl/α,β-unsaturated/α-hetero) is 1. The smallest absolute Gasteiger partial charge is 0.261 e. The van der Waals surface area contributed by atoms with Crippen LogP contribution in [0, 0.1) is 17.8 Å². The van der Waals surface area contributed by atoms with Gasteiger partial charge in [0.05, 0.1) is 44.1 Å². The van der Waals surface area contributed by atoms with Crippen LogP contribution in [0.15, 0.2) is 84.9 Å². The summed E-state index contributed by atoms with van der Waals surface area (Å²) in [6.45, 7) is 30.9. The second-order valence-electron chi connectivity index (χ2n) is 20.6. The molecule has 0 bridgehead atoms. The van der Waals surface area contributed by atoms with Gasteiger partial charge in [0.25, 0.3) is 8.32 Å². The van der Waals surface area contributed by atoms with Gasteiger partial charge in [-0.3, -0.25) is 4.79 Å². The lowest BCUT2D eigenvalue weighted by molar-refractivity contribution is -0.132. The molecule has 368 valence electrons. The number of ketones is 1. The molecule has 4 atom stereocenters. The van der Waals surface area contributed by atoms with Gasteiger partial charge in [0.1, 0.15) is 5.75 Å². The maximum Gasteiger partial charge on any atom is 0.261 e. The standard InChI is InChI=1S/C55H88O7SSi3/c1-16-20-39-55(59-44-63-13,40-37-47(56)34-31-45(5)51(61-65(17-2,18-3)19-4)38-41-58-42-46-32-35-48(57-12)36-33-46)52(43-60-64(14,15)53(6,7)8)62-66(54(9,10)11,49-27-23-21-24-28-49)50-29-25-22-26-30-50/h21-30,32-33,35-36,45,51-52H,16-20,37-44H2,1-15H3/t45-,51+,52-,55+/m0/s1. The summed E-state index contributed by atoms with van der Waals surface area (Å²) < 4.78 is 41.1. The molecule has 0 aliphatic rings. The molecule has 0 radical (unpaired) electrons. The van der Waals surface area contributed by atoms with Crippen molar-refractivity contribution in [1.82, 2.24) is 0 Å². The first-order chi connectivity index (χ1) is 31.2. The molecule has 0 unspecified atom stereocenters.